The van der Waals surface area contributed by atoms with E-state index in [1.165, 1.54) is 0 Å². The van der Waals surface area contributed by atoms with Crippen molar-refractivity contribution in [3.8, 4) is 5.75 Å². The van der Waals surface area contributed by atoms with Gasteiger partial charge in [-0.3, -0.25) is 4.79 Å². The molecule has 0 aliphatic carbocycles. The van der Waals surface area contributed by atoms with Gasteiger partial charge in [0, 0.05) is 10.7 Å². The summed E-state index contributed by atoms with van der Waals surface area (Å²) in [4.78, 5) is 11.7. The lowest BCUT2D eigenvalue weighted by Gasteiger charge is -2.07. The summed E-state index contributed by atoms with van der Waals surface area (Å²) >= 11 is 5.87. The van der Waals surface area contributed by atoms with E-state index < -0.39 is 0 Å². The minimum atomic E-state index is -0.239. The Morgan fingerprint density at radius 3 is 2.74 bits per heavy atom. The molecule has 0 aliphatic heterocycles. The molecule has 0 spiro atoms. The van der Waals surface area contributed by atoms with Gasteiger partial charge in [0.05, 0.1) is 19.4 Å². The molecule has 0 saturated heterocycles. The number of hydrazone groups is 1. The summed E-state index contributed by atoms with van der Waals surface area (Å²) < 4.78 is 5.35. The van der Waals surface area contributed by atoms with Crippen LogP contribution < -0.4 is 15.5 Å². The molecule has 0 heterocycles. The van der Waals surface area contributed by atoms with E-state index in [4.69, 9.17) is 16.3 Å². The second kappa shape index (κ2) is 8.80. The molecule has 0 saturated carbocycles. The maximum absolute atomic E-state index is 11.7. The molecule has 6 heteroatoms. The van der Waals surface area contributed by atoms with E-state index in [1.54, 1.807) is 18.3 Å². The molecule has 0 aliphatic rings. The number of halogens is 1. The van der Waals surface area contributed by atoms with Crippen LogP contribution in [0.2, 0.25) is 5.02 Å². The lowest BCUT2D eigenvalue weighted by Crippen LogP contribution is -2.25. The number of carbonyl (C=O) groups is 1. The standard InChI is InChI=1S/C17H18ClN3O2/c1-2-23-16-8-6-15(7-9-16)19-12-17(22)21-20-11-13-4-3-5-14(18)10-13/h3-11,19H,2,12H2,1H3,(H,21,22). The summed E-state index contributed by atoms with van der Waals surface area (Å²) in [5, 5.41) is 7.52. The summed E-state index contributed by atoms with van der Waals surface area (Å²) in [7, 11) is 0. The summed E-state index contributed by atoms with van der Waals surface area (Å²) in [6.45, 7) is 2.68. The van der Waals surface area contributed by atoms with Gasteiger partial charge in [0.15, 0.2) is 0 Å². The Kier molecular flexibility index (Phi) is 6.44. The van der Waals surface area contributed by atoms with Crippen LogP contribution in [0.25, 0.3) is 0 Å². The Morgan fingerprint density at radius 1 is 1.26 bits per heavy atom. The van der Waals surface area contributed by atoms with E-state index in [2.05, 4.69) is 15.8 Å². The minimum Gasteiger partial charge on any atom is -0.494 e. The lowest BCUT2D eigenvalue weighted by molar-refractivity contribution is -0.119. The van der Waals surface area contributed by atoms with Crippen molar-refractivity contribution in [3.63, 3.8) is 0 Å². The summed E-state index contributed by atoms with van der Waals surface area (Å²) in [6, 6.07) is 14.6. The number of hydrogen-bond donors (Lipinski definition) is 2. The molecule has 2 aromatic rings. The zero-order chi connectivity index (χ0) is 16.5. The SMILES string of the molecule is CCOc1ccc(NCC(=O)NN=Cc2cccc(Cl)c2)cc1. The third-order valence-corrected chi connectivity index (χ3v) is 3.11. The predicted octanol–water partition coefficient (Wildman–Crippen LogP) is 3.30. The molecule has 0 aromatic heterocycles. The molecule has 0 atom stereocenters. The monoisotopic (exact) mass is 331 g/mol. The van der Waals surface area contributed by atoms with Crippen LogP contribution in [-0.2, 0) is 4.79 Å². The number of ether oxygens (including phenoxy) is 1. The molecule has 23 heavy (non-hydrogen) atoms. The lowest BCUT2D eigenvalue weighted by atomic mass is 10.2. The van der Waals surface area contributed by atoms with Crippen molar-refractivity contribution in [2.75, 3.05) is 18.5 Å². The number of nitrogens with zero attached hydrogens (tertiary/aromatic N) is 1. The molecule has 2 N–H and O–H groups in total. The number of carbonyl (C=O) groups excluding carboxylic acids is 1. The first-order valence-corrected chi connectivity index (χ1v) is 7.59. The molecule has 1 amide bonds. The Hall–Kier alpha value is -2.53. The van der Waals surface area contributed by atoms with E-state index in [0.29, 0.717) is 11.6 Å². The molecular formula is C17H18ClN3O2. The van der Waals surface area contributed by atoms with Gasteiger partial charge in [0.2, 0.25) is 0 Å². The molecule has 0 bridgehead atoms. The van der Waals surface area contributed by atoms with Crippen LogP contribution in [-0.4, -0.2) is 25.3 Å². The van der Waals surface area contributed by atoms with Crippen molar-refractivity contribution in [2.24, 2.45) is 5.10 Å². The Morgan fingerprint density at radius 2 is 2.04 bits per heavy atom. The van der Waals surface area contributed by atoms with Crippen molar-refractivity contribution < 1.29 is 9.53 Å². The Bertz CT molecular complexity index is 672. The smallest absolute Gasteiger partial charge is 0.259 e. The highest BCUT2D eigenvalue weighted by Crippen LogP contribution is 2.15. The van der Waals surface area contributed by atoms with Crippen LogP contribution >= 0.6 is 11.6 Å². The van der Waals surface area contributed by atoms with Gasteiger partial charge in [0.1, 0.15) is 5.75 Å². The summed E-state index contributed by atoms with van der Waals surface area (Å²) in [5.74, 6) is 0.561. The molecule has 2 rings (SSSR count). The van der Waals surface area contributed by atoms with Crippen LogP contribution in [0, 0.1) is 0 Å². The van der Waals surface area contributed by atoms with Gasteiger partial charge in [-0.2, -0.15) is 5.10 Å². The highest BCUT2D eigenvalue weighted by Gasteiger charge is 2.00. The average Bonchev–Trinajstić information content (AvgIpc) is 2.55. The second-order valence-electron chi connectivity index (χ2n) is 4.66. The van der Waals surface area contributed by atoms with Crippen LogP contribution in [0.1, 0.15) is 12.5 Å². The third kappa shape index (κ3) is 6.00. The van der Waals surface area contributed by atoms with Gasteiger partial charge in [-0.1, -0.05) is 23.7 Å². The third-order valence-electron chi connectivity index (χ3n) is 2.87. The summed E-state index contributed by atoms with van der Waals surface area (Å²) in [5.41, 5.74) is 4.11. The van der Waals surface area contributed by atoms with Crippen LogP contribution in [0.4, 0.5) is 5.69 Å². The number of amides is 1. The van der Waals surface area contributed by atoms with Gasteiger partial charge in [0.25, 0.3) is 5.91 Å². The van der Waals surface area contributed by atoms with Gasteiger partial charge >= 0.3 is 0 Å². The van der Waals surface area contributed by atoms with Crippen LogP contribution in [0.15, 0.2) is 53.6 Å². The largest absolute Gasteiger partial charge is 0.494 e. The molecule has 5 nitrogen and oxygen atoms in total. The first-order chi connectivity index (χ1) is 11.2. The molecular weight excluding hydrogens is 314 g/mol. The van der Waals surface area contributed by atoms with Crippen molar-refractivity contribution in [1.82, 2.24) is 5.43 Å². The maximum atomic E-state index is 11.7. The highest BCUT2D eigenvalue weighted by atomic mass is 35.5. The molecule has 0 unspecified atom stereocenters. The number of nitrogens with one attached hydrogen (secondary N) is 2. The zero-order valence-electron chi connectivity index (χ0n) is 12.8. The highest BCUT2D eigenvalue weighted by molar-refractivity contribution is 6.30. The van der Waals surface area contributed by atoms with Crippen molar-refractivity contribution in [2.45, 2.75) is 6.92 Å². The Labute approximate surface area is 140 Å². The van der Waals surface area contributed by atoms with Crippen LogP contribution in [0.3, 0.4) is 0 Å². The number of rotatable bonds is 7. The quantitative estimate of drug-likeness (QED) is 0.604. The van der Waals surface area contributed by atoms with Gasteiger partial charge < -0.3 is 10.1 Å². The first-order valence-electron chi connectivity index (χ1n) is 7.21. The second-order valence-corrected chi connectivity index (χ2v) is 5.10. The molecule has 0 fully saturated rings. The molecule has 0 radical (unpaired) electrons. The number of hydrogen-bond acceptors (Lipinski definition) is 4. The Balaban J connectivity index is 1.76. The average molecular weight is 332 g/mol. The van der Waals surface area contributed by atoms with Crippen molar-refractivity contribution in [1.29, 1.82) is 0 Å². The minimum absolute atomic E-state index is 0.126. The first kappa shape index (κ1) is 16.8. The number of anilines is 1. The molecule has 120 valence electrons. The molecule has 2 aromatic carbocycles. The van der Waals surface area contributed by atoms with Gasteiger partial charge in [-0.25, -0.2) is 5.43 Å². The normalized spacial score (nSPS) is 10.5. The van der Waals surface area contributed by atoms with E-state index in [-0.39, 0.29) is 12.5 Å². The van der Waals surface area contributed by atoms with E-state index >= 15 is 0 Å². The fraction of sp³-hybridized carbons (Fsp3) is 0.176. The topological polar surface area (TPSA) is 62.7 Å². The fourth-order valence-corrected chi connectivity index (χ4v) is 2.02. The van der Waals surface area contributed by atoms with Gasteiger partial charge in [-0.05, 0) is 48.9 Å². The summed E-state index contributed by atoms with van der Waals surface area (Å²) in [6.07, 6.45) is 1.54. The van der Waals surface area contributed by atoms with E-state index in [1.807, 2.05) is 43.3 Å². The predicted molar refractivity (Wildman–Crippen MR) is 93.3 cm³/mol. The maximum Gasteiger partial charge on any atom is 0.259 e. The number of benzene rings is 2. The van der Waals surface area contributed by atoms with E-state index in [9.17, 15) is 4.79 Å². The van der Waals surface area contributed by atoms with E-state index in [0.717, 1.165) is 17.0 Å². The van der Waals surface area contributed by atoms with Crippen molar-refractivity contribution >= 4 is 29.4 Å². The van der Waals surface area contributed by atoms with Gasteiger partial charge in [-0.15, -0.1) is 0 Å². The fourth-order valence-electron chi connectivity index (χ4n) is 1.82. The van der Waals surface area contributed by atoms with Crippen molar-refractivity contribution in [3.05, 3.63) is 59.1 Å². The van der Waals surface area contributed by atoms with Crippen LogP contribution in [0.5, 0.6) is 5.75 Å². The zero-order valence-corrected chi connectivity index (χ0v) is 13.5.